The molecule has 26 heteroatoms. The molecule has 0 aromatic heterocycles. The molecule has 2 aliphatic heterocycles. The highest BCUT2D eigenvalue weighted by Gasteiger charge is 2.47. The van der Waals surface area contributed by atoms with Gasteiger partial charge in [-0.05, 0) is 59.9 Å². The van der Waals surface area contributed by atoms with Crippen LogP contribution >= 0.6 is 0 Å². The van der Waals surface area contributed by atoms with Crippen molar-refractivity contribution in [1.82, 2.24) is 26.6 Å². The van der Waals surface area contributed by atoms with Crippen molar-refractivity contribution in [3.05, 3.63) is 0 Å². The Morgan fingerprint density at radius 1 is 0.521 bits per heavy atom. The summed E-state index contributed by atoms with van der Waals surface area (Å²) in [5.74, 6) is -4.50. The Hall–Kier alpha value is -4.03. The van der Waals surface area contributed by atoms with Crippen molar-refractivity contribution in [3.63, 3.8) is 0 Å². The monoisotopic (exact) mass is 1020 g/mol. The first-order valence-electron chi connectivity index (χ1n) is 24.5. The Labute approximate surface area is 413 Å². The van der Waals surface area contributed by atoms with E-state index in [1.165, 1.54) is 27.7 Å². The fraction of sp³-hybridized carbons (Fsp3) is 0.844. The summed E-state index contributed by atoms with van der Waals surface area (Å²) < 4.78 is 20.7. The minimum atomic E-state index is -1.79. The number of carbonyl (C=O) groups is 7. The Morgan fingerprint density at radius 3 is 1.37 bits per heavy atom. The molecule has 17 N–H and O–H groups in total. The van der Waals surface area contributed by atoms with Gasteiger partial charge in [0.25, 0.3) is 0 Å². The first-order chi connectivity index (χ1) is 33.5. The molecule has 0 aliphatic carbocycles. The number of primary amides is 2. The third kappa shape index (κ3) is 21.9. The van der Waals surface area contributed by atoms with Crippen molar-refractivity contribution >= 4 is 41.2 Å². The average molecular weight is 1020 g/mol. The molecular weight excluding hydrogens is 943 g/mol. The molecule has 2 saturated heterocycles. The molecule has 0 saturated carbocycles. The van der Waals surface area contributed by atoms with Gasteiger partial charge in [-0.2, -0.15) is 0 Å². The van der Waals surface area contributed by atoms with Crippen LogP contribution in [0, 0.1) is 0 Å². The highest BCUT2D eigenvalue weighted by molar-refractivity contribution is 5.92. The number of amides is 6. The lowest BCUT2D eigenvalue weighted by atomic mass is 9.99. The van der Waals surface area contributed by atoms with Crippen LogP contribution in [-0.4, -0.2) is 206 Å². The van der Waals surface area contributed by atoms with Gasteiger partial charge in [0.05, 0.1) is 25.3 Å². The van der Waals surface area contributed by atoms with Crippen LogP contribution in [0.4, 0.5) is 0 Å². The van der Waals surface area contributed by atoms with E-state index in [0.29, 0.717) is 13.1 Å². The second-order valence-electron chi connectivity index (χ2n) is 18.2. The topological polar surface area (TPSA) is 430 Å². The highest BCUT2D eigenvalue weighted by atomic mass is 16.7. The van der Waals surface area contributed by atoms with Crippen LogP contribution in [0.2, 0.25) is 0 Å². The first kappa shape index (κ1) is 63.1. The van der Waals surface area contributed by atoms with Crippen LogP contribution in [-0.2, 0) is 52.5 Å². The minimum absolute atomic E-state index is 0.0512. The maximum absolute atomic E-state index is 12.8. The molecule has 2 rings (SSSR count). The average Bonchev–Trinajstić information content (AvgIpc) is 3.32. The molecule has 16 atom stereocenters. The summed E-state index contributed by atoms with van der Waals surface area (Å²) in [6.07, 6.45) is -8.68. The smallest absolute Gasteiger partial charge is 0.249 e. The second kappa shape index (κ2) is 32.9. The number of aliphatic hydroxyl groups is 8. The predicted octanol–water partition coefficient (Wildman–Crippen LogP) is -5.03. The summed E-state index contributed by atoms with van der Waals surface area (Å²) in [6.45, 7) is 5.00. The summed E-state index contributed by atoms with van der Waals surface area (Å²) >= 11 is 0. The van der Waals surface area contributed by atoms with E-state index in [0.717, 1.165) is 64.2 Å². The molecule has 6 amide bonds. The van der Waals surface area contributed by atoms with E-state index < -0.39 is 141 Å². The predicted molar refractivity (Wildman–Crippen MR) is 249 cm³/mol. The zero-order valence-corrected chi connectivity index (χ0v) is 41.2. The quantitative estimate of drug-likeness (QED) is 0.0264. The standard InChI is InChI=1S/C45H81N7O19/c1-23(50-42(64)25(3)68-37-33(57)30(21-53)70-44(66)35(37)59)29(55)17-15-27(39(46)61)48-19-13-11-9-7-5-6-8-10-12-14-20-49-32(56)18-16-28(40(47)62)52-41(63)24(2)51-43(65)26(4)69-38-34(58)31(22-54)71-45(67)36(38)60/h23-28,30-31,33-38,44-45,48,53-54,57-60,66-67H,5-22H2,1-4H3,(H2,46,61)(H2,47,62)(H,49,56)(H,50,64)(H,51,65)(H,52,63)/t23-,24-,25?,26?,27+,28+,30+,31+,33+,34+,35+,36+,37-,38-,44?,45?/m0/s1. The lowest BCUT2D eigenvalue weighted by Crippen LogP contribution is -2.61. The van der Waals surface area contributed by atoms with Crippen molar-refractivity contribution in [3.8, 4) is 0 Å². The molecular formula is C45H81N7O19. The Bertz CT molecular complexity index is 1670. The number of hydrogen-bond acceptors (Lipinski definition) is 20. The highest BCUT2D eigenvalue weighted by Crippen LogP contribution is 2.25. The van der Waals surface area contributed by atoms with Gasteiger partial charge in [-0.15, -0.1) is 0 Å². The number of carbonyl (C=O) groups excluding carboxylic acids is 7. The van der Waals surface area contributed by atoms with Crippen molar-refractivity contribution in [1.29, 1.82) is 0 Å². The molecule has 26 nitrogen and oxygen atoms in total. The normalized spacial score (nSPS) is 27.0. The SMILES string of the molecule is CC(O[C@H]1[C@H](O)[C@@H](CO)OC(O)[C@@H]1O)C(=O)N[C@@H](C)C(=O)CC[C@@H](NCCCCCCCCCCCCNC(=O)CC[C@@H](NC(=O)[C@H](C)NC(=O)C(C)O[C@H]1[C@H](O)[C@@H](CO)OC(O)[C@@H]1O)C(N)=O)C(N)=O. The van der Waals surface area contributed by atoms with Gasteiger partial charge >= 0.3 is 0 Å². The fourth-order valence-corrected chi connectivity index (χ4v) is 7.82. The molecule has 2 aliphatic rings. The second-order valence-corrected chi connectivity index (χ2v) is 18.2. The number of ketones is 1. The molecule has 2 heterocycles. The van der Waals surface area contributed by atoms with Gasteiger partial charge in [-0.1, -0.05) is 51.4 Å². The number of hydrogen-bond donors (Lipinski definition) is 15. The number of Topliss-reactive ketones (excluding diaryl/α,β-unsaturated/α-hetero) is 1. The molecule has 0 radical (unpaired) electrons. The van der Waals surface area contributed by atoms with E-state index in [4.69, 9.17) is 30.4 Å². The maximum atomic E-state index is 12.8. The lowest BCUT2D eigenvalue weighted by Gasteiger charge is -2.40. The van der Waals surface area contributed by atoms with E-state index in [2.05, 4.69) is 26.6 Å². The number of nitrogens with one attached hydrogen (secondary N) is 5. The van der Waals surface area contributed by atoms with Crippen LogP contribution < -0.4 is 38.1 Å². The molecule has 0 spiro atoms. The Balaban J connectivity index is 1.53. The van der Waals surface area contributed by atoms with Crippen LogP contribution in [0.5, 0.6) is 0 Å². The van der Waals surface area contributed by atoms with Crippen LogP contribution in [0.3, 0.4) is 0 Å². The number of rotatable bonds is 35. The van der Waals surface area contributed by atoms with Gasteiger partial charge in [0.1, 0.15) is 73.1 Å². The largest absolute Gasteiger partial charge is 0.394 e. The summed E-state index contributed by atoms with van der Waals surface area (Å²) in [4.78, 5) is 87.6. The third-order valence-corrected chi connectivity index (χ3v) is 12.4. The number of unbranched alkanes of at least 4 members (excludes halogenated alkanes) is 9. The number of aliphatic hydroxyl groups excluding tert-OH is 8. The molecule has 0 bridgehead atoms. The summed E-state index contributed by atoms with van der Waals surface area (Å²) in [5, 5.41) is 92.5. The van der Waals surface area contributed by atoms with Crippen molar-refractivity contribution in [2.45, 2.75) is 215 Å². The summed E-state index contributed by atoms with van der Waals surface area (Å²) in [7, 11) is 0. The van der Waals surface area contributed by atoms with Gasteiger partial charge < -0.3 is 97.9 Å². The third-order valence-electron chi connectivity index (χ3n) is 12.4. The fourth-order valence-electron chi connectivity index (χ4n) is 7.82. The van der Waals surface area contributed by atoms with E-state index in [-0.39, 0.29) is 37.4 Å². The van der Waals surface area contributed by atoms with Crippen LogP contribution in [0.15, 0.2) is 0 Å². The molecule has 2 fully saturated rings. The van der Waals surface area contributed by atoms with Crippen molar-refractivity contribution in [2.24, 2.45) is 11.5 Å². The van der Waals surface area contributed by atoms with Crippen LogP contribution in [0.1, 0.15) is 118 Å². The molecule has 71 heavy (non-hydrogen) atoms. The Kier molecular flexibility index (Phi) is 29.3. The Morgan fingerprint density at radius 2 is 0.930 bits per heavy atom. The number of ether oxygens (including phenoxy) is 4. The maximum Gasteiger partial charge on any atom is 0.249 e. The van der Waals surface area contributed by atoms with Crippen LogP contribution in [0.25, 0.3) is 0 Å². The van der Waals surface area contributed by atoms with Crippen molar-refractivity contribution in [2.75, 3.05) is 26.3 Å². The van der Waals surface area contributed by atoms with E-state index in [1.807, 2.05) is 0 Å². The van der Waals surface area contributed by atoms with Gasteiger partial charge in [0, 0.05) is 19.4 Å². The molecule has 410 valence electrons. The molecule has 4 unspecified atom stereocenters. The van der Waals surface area contributed by atoms with Gasteiger partial charge in [-0.3, -0.25) is 33.6 Å². The molecule has 0 aromatic carbocycles. The zero-order chi connectivity index (χ0) is 53.4. The van der Waals surface area contributed by atoms with Gasteiger partial charge in [0.15, 0.2) is 18.4 Å². The lowest BCUT2D eigenvalue weighted by molar-refractivity contribution is -0.298. The first-order valence-corrected chi connectivity index (χ1v) is 24.5. The zero-order valence-electron chi connectivity index (χ0n) is 41.2. The van der Waals surface area contributed by atoms with E-state index in [9.17, 15) is 74.4 Å². The van der Waals surface area contributed by atoms with E-state index >= 15 is 0 Å². The number of nitrogens with two attached hydrogens (primary N) is 2. The van der Waals surface area contributed by atoms with Gasteiger partial charge in [-0.25, -0.2) is 0 Å². The van der Waals surface area contributed by atoms with Crippen molar-refractivity contribution < 1.29 is 93.4 Å². The van der Waals surface area contributed by atoms with Gasteiger partial charge in [0.2, 0.25) is 35.4 Å². The molecule has 0 aromatic rings. The van der Waals surface area contributed by atoms with E-state index in [1.54, 1.807) is 0 Å². The summed E-state index contributed by atoms with van der Waals surface area (Å²) in [5.41, 5.74) is 11.0. The minimum Gasteiger partial charge on any atom is -0.394 e. The summed E-state index contributed by atoms with van der Waals surface area (Å²) in [6, 6.07) is -4.09.